The Bertz CT molecular complexity index is 505. The largest absolute Gasteiger partial charge is 0.350 e. The Kier molecular flexibility index (Phi) is 4.42. The molecule has 114 valence electrons. The number of rotatable bonds is 2. The molecule has 0 radical (unpaired) electrons. The van der Waals surface area contributed by atoms with Crippen LogP contribution < -0.4 is 0 Å². The average molecular weight is 314 g/mol. The van der Waals surface area contributed by atoms with E-state index in [-0.39, 0.29) is 22.8 Å². The van der Waals surface area contributed by atoms with Gasteiger partial charge < -0.3 is 14.4 Å². The molecule has 6 heteroatoms. The maximum absolute atomic E-state index is 13.8. The second-order valence-corrected chi connectivity index (χ2v) is 5.74. The summed E-state index contributed by atoms with van der Waals surface area (Å²) >= 11 is 5.95. The molecule has 3 rings (SSSR count). The van der Waals surface area contributed by atoms with Crippen LogP contribution in [0.5, 0.6) is 0 Å². The van der Waals surface area contributed by atoms with Crippen LogP contribution in [0.3, 0.4) is 0 Å². The summed E-state index contributed by atoms with van der Waals surface area (Å²) in [6, 6.07) is 4.28. The van der Waals surface area contributed by atoms with Gasteiger partial charge in [-0.25, -0.2) is 4.39 Å². The number of carbonyl (C=O) groups excluding carboxylic acids is 1. The lowest BCUT2D eigenvalue weighted by atomic mass is 9.95. The maximum atomic E-state index is 13.8. The molecule has 0 unspecified atom stereocenters. The van der Waals surface area contributed by atoms with Crippen LogP contribution >= 0.6 is 11.6 Å². The van der Waals surface area contributed by atoms with E-state index in [2.05, 4.69) is 0 Å². The lowest BCUT2D eigenvalue weighted by Gasteiger charge is -2.34. The first-order valence-corrected chi connectivity index (χ1v) is 7.51. The van der Waals surface area contributed by atoms with Crippen LogP contribution in [0.1, 0.15) is 23.2 Å². The normalized spacial score (nSPS) is 21.0. The Morgan fingerprint density at radius 2 is 1.90 bits per heavy atom. The number of piperidine rings is 1. The van der Waals surface area contributed by atoms with Crippen molar-refractivity contribution < 1.29 is 18.7 Å². The van der Waals surface area contributed by atoms with Gasteiger partial charge in [-0.2, -0.15) is 0 Å². The number of halogens is 2. The monoisotopic (exact) mass is 313 g/mol. The first-order valence-electron chi connectivity index (χ1n) is 7.13. The lowest BCUT2D eigenvalue weighted by Crippen LogP contribution is -2.41. The van der Waals surface area contributed by atoms with Gasteiger partial charge in [0.15, 0.2) is 6.29 Å². The first-order chi connectivity index (χ1) is 10.2. The van der Waals surface area contributed by atoms with E-state index >= 15 is 0 Å². The van der Waals surface area contributed by atoms with Gasteiger partial charge in [-0.05, 0) is 25.0 Å². The van der Waals surface area contributed by atoms with Gasteiger partial charge in [-0.3, -0.25) is 4.79 Å². The lowest BCUT2D eigenvalue weighted by molar-refractivity contribution is -0.0956. The smallest absolute Gasteiger partial charge is 0.258 e. The van der Waals surface area contributed by atoms with E-state index in [0.29, 0.717) is 32.2 Å². The minimum absolute atomic E-state index is 0.0361. The molecule has 0 aliphatic carbocycles. The molecule has 2 aliphatic heterocycles. The van der Waals surface area contributed by atoms with Crippen LogP contribution in [0.25, 0.3) is 0 Å². The standard InChI is InChI=1S/C15H17ClFNO3/c16-11-2-1-3-12(17)13(11)14(19)18-6-4-10(5-7-18)15-20-8-9-21-15/h1-3,10,15H,4-9H2. The van der Waals surface area contributed by atoms with E-state index in [1.165, 1.54) is 18.2 Å². The summed E-state index contributed by atoms with van der Waals surface area (Å²) in [5, 5.41) is 0.157. The second-order valence-electron chi connectivity index (χ2n) is 5.34. The molecule has 2 saturated heterocycles. The summed E-state index contributed by atoms with van der Waals surface area (Å²) in [6.45, 7) is 2.40. The highest BCUT2D eigenvalue weighted by atomic mass is 35.5. The maximum Gasteiger partial charge on any atom is 0.258 e. The molecule has 2 fully saturated rings. The highest BCUT2D eigenvalue weighted by molar-refractivity contribution is 6.33. The van der Waals surface area contributed by atoms with Crippen molar-refractivity contribution in [1.29, 1.82) is 0 Å². The number of amides is 1. The third kappa shape index (κ3) is 3.05. The van der Waals surface area contributed by atoms with Crippen molar-refractivity contribution in [2.24, 2.45) is 5.92 Å². The molecule has 4 nitrogen and oxygen atoms in total. The van der Waals surface area contributed by atoms with Gasteiger partial charge in [0, 0.05) is 19.0 Å². The molecule has 0 aromatic heterocycles. The first kappa shape index (κ1) is 14.8. The molecule has 0 atom stereocenters. The number of hydrogen-bond acceptors (Lipinski definition) is 3. The van der Waals surface area contributed by atoms with Crippen LogP contribution in [0.15, 0.2) is 18.2 Å². The van der Waals surface area contributed by atoms with Crippen LogP contribution in [-0.4, -0.2) is 43.4 Å². The van der Waals surface area contributed by atoms with Crippen molar-refractivity contribution in [3.8, 4) is 0 Å². The Hall–Kier alpha value is -1.17. The van der Waals surface area contributed by atoms with Gasteiger partial charge >= 0.3 is 0 Å². The van der Waals surface area contributed by atoms with Crippen molar-refractivity contribution in [3.63, 3.8) is 0 Å². The topological polar surface area (TPSA) is 38.8 Å². The zero-order valence-electron chi connectivity index (χ0n) is 11.6. The van der Waals surface area contributed by atoms with Crippen LogP contribution in [0, 0.1) is 11.7 Å². The van der Waals surface area contributed by atoms with Gasteiger partial charge in [0.25, 0.3) is 5.91 Å². The van der Waals surface area contributed by atoms with Crippen molar-refractivity contribution in [3.05, 3.63) is 34.6 Å². The summed E-state index contributed by atoms with van der Waals surface area (Å²) in [4.78, 5) is 14.1. The Labute approximate surface area is 127 Å². The summed E-state index contributed by atoms with van der Waals surface area (Å²) in [5.41, 5.74) is -0.0361. The second kappa shape index (κ2) is 6.30. The van der Waals surface area contributed by atoms with Crippen molar-refractivity contribution in [2.45, 2.75) is 19.1 Å². The third-order valence-electron chi connectivity index (χ3n) is 4.04. The van der Waals surface area contributed by atoms with Crippen LogP contribution in [0.2, 0.25) is 5.02 Å². The van der Waals surface area contributed by atoms with Gasteiger partial charge in [-0.15, -0.1) is 0 Å². The number of likely N-dealkylation sites (tertiary alicyclic amines) is 1. The van der Waals surface area contributed by atoms with Crippen LogP contribution in [-0.2, 0) is 9.47 Å². The van der Waals surface area contributed by atoms with E-state index in [9.17, 15) is 9.18 Å². The van der Waals surface area contributed by atoms with E-state index in [1.807, 2.05) is 0 Å². The fourth-order valence-corrected chi connectivity index (χ4v) is 3.13. The van der Waals surface area contributed by atoms with Crippen molar-refractivity contribution >= 4 is 17.5 Å². The number of nitrogens with zero attached hydrogens (tertiary/aromatic N) is 1. The molecule has 0 saturated carbocycles. The average Bonchev–Trinajstić information content (AvgIpc) is 3.01. The van der Waals surface area contributed by atoms with Crippen LogP contribution in [0.4, 0.5) is 4.39 Å². The number of ether oxygens (including phenoxy) is 2. The number of carbonyl (C=O) groups is 1. The van der Waals surface area contributed by atoms with E-state index < -0.39 is 5.82 Å². The molecule has 1 amide bonds. The Morgan fingerprint density at radius 1 is 1.24 bits per heavy atom. The zero-order chi connectivity index (χ0) is 14.8. The minimum atomic E-state index is -0.572. The quantitative estimate of drug-likeness (QED) is 0.842. The van der Waals surface area contributed by atoms with Gasteiger partial charge in [-0.1, -0.05) is 17.7 Å². The molecule has 21 heavy (non-hydrogen) atoms. The van der Waals surface area contributed by atoms with E-state index in [0.717, 1.165) is 12.8 Å². The minimum Gasteiger partial charge on any atom is -0.350 e. The predicted molar refractivity (Wildman–Crippen MR) is 75.7 cm³/mol. The van der Waals surface area contributed by atoms with E-state index in [4.69, 9.17) is 21.1 Å². The highest BCUT2D eigenvalue weighted by Gasteiger charge is 2.33. The predicted octanol–water partition coefficient (Wildman–Crippen LogP) is 2.70. The fourth-order valence-electron chi connectivity index (χ4n) is 2.88. The molecule has 2 aliphatic rings. The highest BCUT2D eigenvalue weighted by Crippen LogP contribution is 2.28. The van der Waals surface area contributed by atoms with Gasteiger partial charge in [0.05, 0.1) is 23.8 Å². The van der Waals surface area contributed by atoms with E-state index in [1.54, 1.807) is 4.90 Å². The molecule has 2 heterocycles. The Balaban J connectivity index is 1.65. The summed E-state index contributed by atoms with van der Waals surface area (Å²) < 4.78 is 24.8. The number of hydrogen-bond donors (Lipinski definition) is 0. The molecular formula is C15H17ClFNO3. The summed E-state index contributed by atoms with van der Waals surface area (Å²) in [6.07, 6.45) is 1.43. The molecular weight excluding hydrogens is 297 g/mol. The SMILES string of the molecule is O=C(c1c(F)cccc1Cl)N1CCC(C2OCCO2)CC1. The third-order valence-corrected chi connectivity index (χ3v) is 4.35. The zero-order valence-corrected chi connectivity index (χ0v) is 12.3. The van der Waals surface area contributed by atoms with Gasteiger partial charge in [0.2, 0.25) is 0 Å². The molecule has 0 bridgehead atoms. The Morgan fingerprint density at radius 3 is 2.52 bits per heavy atom. The van der Waals surface area contributed by atoms with Crippen molar-refractivity contribution in [1.82, 2.24) is 4.90 Å². The fraction of sp³-hybridized carbons (Fsp3) is 0.533. The molecule has 1 aromatic rings. The molecule has 1 aromatic carbocycles. The van der Waals surface area contributed by atoms with Gasteiger partial charge in [0.1, 0.15) is 5.82 Å². The summed E-state index contributed by atoms with van der Waals surface area (Å²) in [7, 11) is 0. The number of benzene rings is 1. The summed E-state index contributed by atoms with van der Waals surface area (Å²) in [5.74, 6) is -0.616. The molecule has 0 spiro atoms. The van der Waals surface area contributed by atoms with Crippen molar-refractivity contribution in [2.75, 3.05) is 26.3 Å². The molecule has 0 N–H and O–H groups in total.